The topological polar surface area (TPSA) is 26.0 Å². The van der Waals surface area contributed by atoms with Crippen LogP contribution in [0.5, 0.6) is 0 Å². The fourth-order valence-corrected chi connectivity index (χ4v) is 2.71. The van der Waals surface area contributed by atoms with E-state index in [0.717, 1.165) is 17.8 Å². The van der Waals surface area contributed by atoms with Crippen LogP contribution in [0.4, 0.5) is 0 Å². The Morgan fingerprint density at radius 3 is 2.42 bits per heavy atom. The standard InChI is InChI=1S/C11H23N/c1-8(2)11-6-4-5-10(11)7-9(3)12/h8-11H,4-7,12H2,1-3H3. The van der Waals surface area contributed by atoms with E-state index in [1.165, 1.54) is 25.7 Å². The molecule has 0 aliphatic heterocycles. The molecular formula is C11H23N. The van der Waals surface area contributed by atoms with E-state index in [-0.39, 0.29) is 0 Å². The molecule has 0 aromatic rings. The van der Waals surface area contributed by atoms with Gasteiger partial charge in [0.15, 0.2) is 0 Å². The molecule has 0 aromatic heterocycles. The first-order valence-corrected chi connectivity index (χ1v) is 5.37. The fraction of sp³-hybridized carbons (Fsp3) is 1.00. The second-order valence-electron chi connectivity index (χ2n) is 4.81. The summed E-state index contributed by atoms with van der Waals surface area (Å²) in [6.07, 6.45) is 5.53. The Labute approximate surface area is 76.7 Å². The molecule has 0 spiro atoms. The minimum absolute atomic E-state index is 0.398. The molecule has 3 unspecified atom stereocenters. The Kier molecular flexibility index (Phi) is 3.57. The zero-order chi connectivity index (χ0) is 9.14. The molecule has 1 fully saturated rings. The van der Waals surface area contributed by atoms with Gasteiger partial charge in [-0.15, -0.1) is 0 Å². The van der Waals surface area contributed by atoms with E-state index in [1.54, 1.807) is 0 Å². The summed E-state index contributed by atoms with van der Waals surface area (Å²) in [5, 5.41) is 0. The maximum atomic E-state index is 5.83. The summed E-state index contributed by atoms with van der Waals surface area (Å²) in [6.45, 7) is 6.84. The molecule has 72 valence electrons. The van der Waals surface area contributed by atoms with E-state index in [1.807, 2.05) is 0 Å². The highest BCUT2D eigenvalue weighted by Gasteiger charge is 2.29. The molecular weight excluding hydrogens is 146 g/mol. The first kappa shape index (κ1) is 10.0. The van der Waals surface area contributed by atoms with Crippen LogP contribution < -0.4 is 5.73 Å². The molecule has 0 aromatic carbocycles. The van der Waals surface area contributed by atoms with Gasteiger partial charge in [-0.3, -0.25) is 0 Å². The van der Waals surface area contributed by atoms with E-state index in [2.05, 4.69) is 20.8 Å². The van der Waals surface area contributed by atoms with Crippen LogP contribution in [-0.2, 0) is 0 Å². The summed E-state index contributed by atoms with van der Waals surface area (Å²) in [4.78, 5) is 0. The Bertz CT molecular complexity index is 129. The molecule has 0 bridgehead atoms. The van der Waals surface area contributed by atoms with Crippen molar-refractivity contribution in [2.45, 2.75) is 52.5 Å². The lowest BCUT2D eigenvalue weighted by molar-refractivity contribution is 0.271. The fourth-order valence-electron chi connectivity index (χ4n) is 2.71. The lowest BCUT2D eigenvalue weighted by Gasteiger charge is -2.24. The van der Waals surface area contributed by atoms with E-state index < -0.39 is 0 Å². The number of hydrogen-bond donors (Lipinski definition) is 1. The van der Waals surface area contributed by atoms with Gasteiger partial charge in [0.25, 0.3) is 0 Å². The van der Waals surface area contributed by atoms with Crippen molar-refractivity contribution in [2.75, 3.05) is 0 Å². The summed E-state index contributed by atoms with van der Waals surface area (Å²) in [6, 6.07) is 0.398. The largest absolute Gasteiger partial charge is 0.328 e. The van der Waals surface area contributed by atoms with Gasteiger partial charge in [0.1, 0.15) is 0 Å². The molecule has 0 heterocycles. The lowest BCUT2D eigenvalue weighted by atomic mass is 9.83. The van der Waals surface area contributed by atoms with Crippen molar-refractivity contribution in [2.24, 2.45) is 23.5 Å². The maximum absolute atomic E-state index is 5.83. The quantitative estimate of drug-likeness (QED) is 0.690. The van der Waals surface area contributed by atoms with Crippen LogP contribution in [0.1, 0.15) is 46.5 Å². The van der Waals surface area contributed by atoms with Gasteiger partial charge in [0.05, 0.1) is 0 Å². The molecule has 1 saturated carbocycles. The van der Waals surface area contributed by atoms with Gasteiger partial charge in [0.2, 0.25) is 0 Å². The van der Waals surface area contributed by atoms with Crippen molar-refractivity contribution < 1.29 is 0 Å². The highest BCUT2D eigenvalue weighted by Crippen LogP contribution is 2.39. The molecule has 0 saturated heterocycles. The van der Waals surface area contributed by atoms with Crippen LogP contribution in [-0.4, -0.2) is 6.04 Å². The van der Waals surface area contributed by atoms with Gasteiger partial charge >= 0.3 is 0 Å². The van der Waals surface area contributed by atoms with Crippen LogP contribution >= 0.6 is 0 Å². The monoisotopic (exact) mass is 169 g/mol. The molecule has 3 atom stereocenters. The Hall–Kier alpha value is -0.0400. The van der Waals surface area contributed by atoms with Gasteiger partial charge in [-0.05, 0) is 37.5 Å². The van der Waals surface area contributed by atoms with Crippen molar-refractivity contribution in [1.82, 2.24) is 0 Å². The molecule has 1 nitrogen and oxygen atoms in total. The van der Waals surface area contributed by atoms with E-state index in [4.69, 9.17) is 5.73 Å². The van der Waals surface area contributed by atoms with Gasteiger partial charge in [0, 0.05) is 6.04 Å². The molecule has 1 rings (SSSR count). The zero-order valence-corrected chi connectivity index (χ0v) is 8.72. The average molecular weight is 169 g/mol. The van der Waals surface area contributed by atoms with E-state index in [9.17, 15) is 0 Å². The highest BCUT2D eigenvalue weighted by atomic mass is 14.6. The summed E-state index contributed by atoms with van der Waals surface area (Å²) in [5.74, 6) is 2.73. The second kappa shape index (κ2) is 4.27. The predicted molar refractivity (Wildman–Crippen MR) is 53.9 cm³/mol. The van der Waals surface area contributed by atoms with Crippen molar-refractivity contribution >= 4 is 0 Å². The molecule has 1 aliphatic carbocycles. The minimum Gasteiger partial charge on any atom is -0.328 e. The summed E-state index contributed by atoms with van der Waals surface area (Å²) >= 11 is 0. The first-order chi connectivity index (χ1) is 5.61. The van der Waals surface area contributed by atoms with Crippen molar-refractivity contribution in [3.8, 4) is 0 Å². The van der Waals surface area contributed by atoms with Crippen LogP contribution in [0.25, 0.3) is 0 Å². The Balaban J connectivity index is 2.41. The van der Waals surface area contributed by atoms with Crippen molar-refractivity contribution in [1.29, 1.82) is 0 Å². The molecule has 1 aliphatic rings. The predicted octanol–water partition coefficient (Wildman–Crippen LogP) is 2.80. The molecule has 12 heavy (non-hydrogen) atoms. The first-order valence-electron chi connectivity index (χ1n) is 5.37. The third kappa shape index (κ3) is 2.48. The number of rotatable bonds is 3. The van der Waals surface area contributed by atoms with Crippen LogP contribution in [0.3, 0.4) is 0 Å². The SMILES string of the molecule is CC(N)CC1CCCC1C(C)C. The van der Waals surface area contributed by atoms with Gasteiger partial charge in [-0.1, -0.05) is 26.7 Å². The van der Waals surface area contributed by atoms with Crippen LogP contribution in [0.15, 0.2) is 0 Å². The maximum Gasteiger partial charge on any atom is 0.00132 e. The van der Waals surface area contributed by atoms with Crippen LogP contribution in [0.2, 0.25) is 0 Å². The Morgan fingerprint density at radius 2 is 1.92 bits per heavy atom. The summed E-state index contributed by atoms with van der Waals surface area (Å²) in [7, 11) is 0. The normalized spacial score (nSPS) is 32.8. The van der Waals surface area contributed by atoms with Crippen LogP contribution in [0, 0.1) is 17.8 Å². The van der Waals surface area contributed by atoms with E-state index in [0.29, 0.717) is 6.04 Å². The molecule has 1 heteroatoms. The smallest absolute Gasteiger partial charge is 0.00132 e. The van der Waals surface area contributed by atoms with Gasteiger partial charge in [-0.25, -0.2) is 0 Å². The number of nitrogens with two attached hydrogens (primary N) is 1. The molecule has 2 N–H and O–H groups in total. The second-order valence-corrected chi connectivity index (χ2v) is 4.81. The zero-order valence-electron chi connectivity index (χ0n) is 8.72. The van der Waals surface area contributed by atoms with Gasteiger partial charge in [-0.2, -0.15) is 0 Å². The summed E-state index contributed by atoms with van der Waals surface area (Å²) < 4.78 is 0. The van der Waals surface area contributed by atoms with Crippen molar-refractivity contribution in [3.63, 3.8) is 0 Å². The highest BCUT2D eigenvalue weighted by molar-refractivity contribution is 4.81. The lowest BCUT2D eigenvalue weighted by Crippen LogP contribution is -2.23. The minimum atomic E-state index is 0.398. The van der Waals surface area contributed by atoms with E-state index >= 15 is 0 Å². The van der Waals surface area contributed by atoms with Crippen molar-refractivity contribution in [3.05, 3.63) is 0 Å². The van der Waals surface area contributed by atoms with Gasteiger partial charge < -0.3 is 5.73 Å². The average Bonchev–Trinajstić information content (AvgIpc) is 2.33. The number of hydrogen-bond acceptors (Lipinski definition) is 1. The molecule has 0 radical (unpaired) electrons. The Morgan fingerprint density at radius 1 is 1.25 bits per heavy atom. The third-order valence-electron chi connectivity index (χ3n) is 3.25. The summed E-state index contributed by atoms with van der Waals surface area (Å²) in [5.41, 5.74) is 5.83. The third-order valence-corrected chi connectivity index (χ3v) is 3.25. The molecule has 0 amide bonds.